The van der Waals surface area contributed by atoms with Crippen LogP contribution in [0.15, 0.2) is 46.3 Å². The minimum absolute atomic E-state index is 0.0129. The van der Waals surface area contributed by atoms with Crippen LogP contribution in [0.5, 0.6) is 11.5 Å². The Morgan fingerprint density at radius 2 is 2.00 bits per heavy atom. The molecular formula is C22H23ClN2O3S. The third-order valence-electron chi connectivity index (χ3n) is 4.78. The number of benzene rings is 2. The van der Waals surface area contributed by atoms with E-state index in [9.17, 15) is 4.79 Å². The maximum atomic E-state index is 13.1. The van der Waals surface area contributed by atoms with E-state index in [2.05, 4.69) is 13.8 Å². The van der Waals surface area contributed by atoms with Gasteiger partial charge >= 0.3 is 0 Å². The van der Waals surface area contributed by atoms with E-state index < -0.39 is 0 Å². The topological polar surface area (TPSA) is 53.4 Å². The van der Waals surface area contributed by atoms with Gasteiger partial charge in [0, 0.05) is 12.3 Å². The molecule has 2 heterocycles. The first-order valence-electron chi connectivity index (χ1n) is 9.73. The minimum Gasteiger partial charge on any atom is -0.486 e. The second kappa shape index (κ2) is 8.67. The molecule has 29 heavy (non-hydrogen) atoms. The highest BCUT2D eigenvalue weighted by molar-refractivity contribution is 7.98. The van der Waals surface area contributed by atoms with Crippen molar-refractivity contribution in [2.45, 2.75) is 37.7 Å². The van der Waals surface area contributed by atoms with Gasteiger partial charge in [-0.1, -0.05) is 49.3 Å². The summed E-state index contributed by atoms with van der Waals surface area (Å²) in [4.78, 5) is 17.8. The maximum absolute atomic E-state index is 13.1. The fraction of sp³-hybridized carbons (Fsp3) is 0.364. The molecule has 7 heteroatoms. The third kappa shape index (κ3) is 4.38. The largest absolute Gasteiger partial charge is 0.486 e. The van der Waals surface area contributed by atoms with Gasteiger partial charge in [-0.15, -0.1) is 0 Å². The number of rotatable bonds is 6. The third-order valence-corrected chi connectivity index (χ3v) is 6.11. The van der Waals surface area contributed by atoms with Gasteiger partial charge < -0.3 is 9.47 Å². The summed E-state index contributed by atoms with van der Waals surface area (Å²) < 4.78 is 13.1. The molecule has 1 aliphatic heterocycles. The molecule has 0 saturated carbocycles. The Hall–Kier alpha value is -2.18. The molecule has 0 bridgehead atoms. The summed E-state index contributed by atoms with van der Waals surface area (Å²) in [6.07, 6.45) is 0.920. The lowest BCUT2D eigenvalue weighted by atomic mass is 10.1. The molecule has 1 aliphatic rings. The fourth-order valence-electron chi connectivity index (χ4n) is 3.24. The predicted molar refractivity (Wildman–Crippen MR) is 117 cm³/mol. The molecule has 1 aromatic heterocycles. The van der Waals surface area contributed by atoms with Crippen LogP contribution in [-0.2, 0) is 12.3 Å². The lowest BCUT2D eigenvalue weighted by molar-refractivity contribution is 0.171. The highest BCUT2D eigenvalue weighted by Crippen LogP contribution is 2.39. The van der Waals surface area contributed by atoms with Gasteiger partial charge in [-0.25, -0.2) is 4.98 Å². The Balaban J connectivity index is 1.65. The van der Waals surface area contributed by atoms with Crippen LogP contribution < -0.4 is 15.0 Å². The number of thioether (sulfide) groups is 1. The van der Waals surface area contributed by atoms with E-state index in [0.29, 0.717) is 53.3 Å². The first-order valence-corrected chi connectivity index (χ1v) is 11.1. The average Bonchev–Trinajstić information content (AvgIpc) is 2.71. The Morgan fingerprint density at radius 1 is 1.21 bits per heavy atom. The summed E-state index contributed by atoms with van der Waals surface area (Å²) in [7, 11) is 0. The smallest absolute Gasteiger partial charge is 0.262 e. The van der Waals surface area contributed by atoms with Crippen molar-refractivity contribution in [2.24, 2.45) is 5.92 Å². The summed E-state index contributed by atoms with van der Waals surface area (Å²) in [5.74, 6) is 2.40. The van der Waals surface area contributed by atoms with Crippen LogP contribution in [0.1, 0.15) is 25.8 Å². The van der Waals surface area contributed by atoms with Crippen molar-refractivity contribution in [3.63, 3.8) is 0 Å². The molecule has 5 nitrogen and oxygen atoms in total. The van der Waals surface area contributed by atoms with Crippen molar-refractivity contribution in [1.82, 2.24) is 9.55 Å². The second-order valence-corrected chi connectivity index (χ2v) is 8.79. The zero-order valence-electron chi connectivity index (χ0n) is 16.5. The van der Waals surface area contributed by atoms with Crippen LogP contribution in [0, 0.1) is 5.92 Å². The molecular weight excluding hydrogens is 408 g/mol. The van der Waals surface area contributed by atoms with Gasteiger partial charge in [0.05, 0.1) is 15.9 Å². The summed E-state index contributed by atoms with van der Waals surface area (Å²) >= 11 is 7.90. The summed E-state index contributed by atoms with van der Waals surface area (Å²) in [5, 5.41) is 1.92. The van der Waals surface area contributed by atoms with Crippen molar-refractivity contribution in [2.75, 3.05) is 13.2 Å². The van der Waals surface area contributed by atoms with Gasteiger partial charge in [-0.05, 0) is 42.2 Å². The number of aromatic nitrogens is 2. The zero-order valence-corrected chi connectivity index (χ0v) is 18.1. The van der Waals surface area contributed by atoms with E-state index in [0.717, 1.165) is 22.7 Å². The van der Waals surface area contributed by atoms with E-state index in [4.69, 9.17) is 26.1 Å². The summed E-state index contributed by atoms with van der Waals surface area (Å²) in [6, 6.07) is 11.3. The van der Waals surface area contributed by atoms with E-state index >= 15 is 0 Å². The van der Waals surface area contributed by atoms with Crippen molar-refractivity contribution in [1.29, 1.82) is 0 Å². The minimum atomic E-state index is 0.0129. The normalized spacial score (nSPS) is 13.2. The summed E-state index contributed by atoms with van der Waals surface area (Å²) in [5.41, 5.74) is 1.74. The Morgan fingerprint density at radius 3 is 2.83 bits per heavy atom. The molecule has 4 rings (SSSR count). The summed E-state index contributed by atoms with van der Waals surface area (Å²) in [6.45, 7) is 5.98. The number of hydrogen-bond donors (Lipinski definition) is 0. The monoisotopic (exact) mass is 430 g/mol. The quantitative estimate of drug-likeness (QED) is 0.399. The Labute approximate surface area is 179 Å². The Kier molecular flexibility index (Phi) is 6.01. The molecule has 0 radical (unpaired) electrons. The van der Waals surface area contributed by atoms with Crippen LogP contribution >= 0.6 is 23.4 Å². The van der Waals surface area contributed by atoms with Crippen molar-refractivity contribution < 1.29 is 9.47 Å². The van der Waals surface area contributed by atoms with Gasteiger partial charge in [0.15, 0.2) is 16.7 Å². The van der Waals surface area contributed by atoms with Crippen LogP contribution in [0.4, 0.5) is 0 Å². The number of hydrogen-bond acceptors (Lipinski definition) is 5. The lowest BCUT2D eigenvalue weighted by Crippen LogP contribution is -2.24. The van der Waals surface area contributed by atoms with Gasteiger partial charge in [0.1, 0.15) is 13.2 Å². The van der Waals surface area contributed by atoms with Crippen LogP contribution in [0.2, 0.25) is 5.02 Å². The van der Waals surface area contributed by atoms with Gasteiger partial charge in [0.2, 0.25) is 0 Å². The lowest BCUT2D eigenvalue weighted by Gasteiger charge is -2.20. The number of fused-ring (bicyclic) bond motifs is 2. The first kappa shape index (κ1) is 20.1. The first-order chi connectivity index (χ1) is 14.0. The number of nitrogens with zero attached hydrogens (tertiary/aromatic N) is 2. The highest BCUT2D eigenvalue weighted by Gasteiger charge is 2.18. The van der Waals surface area contributed by atoms with Crippen LogP contribution in [-0.4, -0.2) is 22.8 Å². The van der Waals surface area contributed by atoms with E-state index in [1.165, 1.54) is 11.8 Å². The molecule has 0 aliphatic carbocycles. The van der Waals surface area contributed by atoms with E-state index in [-0.39, 0.29) is 5.56 Å². The fourth-order valence-corrected chi connectivity index (χ4v) is 4.48. The molecule has 0 amide bonds. The number of para-hydroxylation sites is 1. The molecule has 0 saturated heterocycles. The van der Waals surface area contributed by atoms with Crippen molar-refractivity contribution in [3.8, 4) is 11.5 Å². The SMILES string of the molecule is CC(C)CCn1c(SCc2cc(Cl)c3c(c2)OCCO3)nc2ccccc2c1=O. The molecule has 0 unspecified atom stereocenters. The van der Waals surface area contributed by atoms with Crippen molar-refractivity contribution in [3.05, 3.63) is 57.3 Å². The van der Waals surface area contributed by atoms with Gasteiger partial charge in [-0.2, -0.15) is 0 Å². The Bertz CT molecular complexity index is 1100. The average molecular weight is 431 g/mol. The van der Waals surface area contributed by atoms with Crippen LogP contribution in [0.3, 0.4) is 0 Å². The molecule has 0 fully saturated rings. The standard InChI is InChI=1S/C22H23ClN2O3S/c1-14(2)7-8-25-21(26)16-5-3-4-6-18(16)24-22(25)29-13-15-11-17(23)20-19(12-15)27-9-10-28-20/h3-6,11-12,14H,7-10,13H2,1-2H3. The van der Waals surface area contributed by atoms with Gasteiger partial charge in [0.25, 0.3) is 5.56 Å². The van der Waals surface area contributed by atoms with E-state index in [1.54, 1.807) is 4.57 Å². The predicted octanol–water partition coefficient (Wildman–Crippen LogP) is 5.16. The highest BCUT2D eigenvalue weighted by atomic mass is 35.5. The van der Waals surface area contributed by atoms with Gasteiger partial charge in [-0.3, -0.25) is 9.36 Å². The molecule has 3 aromatic rings. The van der Waals surface area contributed by atoms with Crippen molar-refractivity contribution >= 4 is 34.3 Å². The second-order valence-electron chi connectivity index (χ2n) is 7.44. The molecule has 0 atom stereocenters. The molecule has 0 spiro atoms. The molecule has 2 aromatic carbocycles. The molecule has 0 N–H and O–H groups in total. The number of ether oxygens (including phenoxy) is 2. The zero-order chi connectivity index (χ0) is 20.4. The maximum Gasteiger partial charge on any atom is 0.262 e. The van der Waals surface area contributed by atoms with Crippen LogP contribution in [0.25, 0.3) is 10.9 Å². The van der Waals surface area contributed by atoms with E-state index in [1.807, 2.05) is 36.4 Å². The number of halogens is 1. The molecule has 152 valence electrons.